The standard InChI is InChI=1S/C31H37N3O5/c1-21-17-34(22(2)19-35)30(36)28-12-8-7-11-27(28)26-10-6-5-9-23(26)20-39-29(21)18-33(3)31(37)32-24-13-15-25(38-4)16-14-24/h5-16,21-22,29,35H,17-20H2,1-4H3,(H,32,37)/t21-,22-,29+/m1/s1. The first kappa shape index (κ1) is 28.1. The zero-order valence-electron chi connectivity index (χ0n) is 23.0. The number of likely N-dealkylation sites (N-methyl/N-ethyl adjacent to an activating group) is 1. The first-order chi connectivity index (χ1) is 18.8. The van der Waals surface area contributed by atoms with Crippen LogP contribution in [0.4, 0.5) is 10.5 Å². The van der Waals surface area contributed by atoms with Crippen LogP contribution in [0.25, 0.3) is 11.1 Å². The first-order valence-electron chi connectivity index (χ1n) is 13.2. The number of carbonyl (C=O) groups excluding carboxylic acids is 2. The predicted octanol–water partition coefficient (Wildman–Crippen LogP) is 4.88. The van der Waals surface area contributed by atoms with E-state index in [1.165, 1.54) is 0 Å². The van der Waals surface area contributed by atoms with Gasteiger partial charge in [-0.15, -0.1) is 0 Å². The summed E-state index contributed by atoms with van der Waals surface area (Å²) in [6, 6.07) is 22.0. The summed E-state index contributed by atoms with van der Waals surface area (Å²) in [7, 11) is 3.32. The number of urea groups is 1. The summed E-state index contributed by atoms with van der Waals surface area (Å²) in [5.41, 5.74) is 3.97. The van der Waals surface area contributed by atoms with Gasteiger partial charge in [0.05, 0.1) is 32.5 Å². The van der Waals surface area contributed by atoms with E-state index in [9.17, 15) is 14.7 Å². The van der Waals surface area contributed by atoms with Crippen molar-refractivity contribution >= 4 is 17.6 Å². The second-order valence-electron chi connectivity index (χ2n) is 10.1. The van der Waals surface area contributed by atoms with Crippen LogP contribution >= 0.6 is 0 Å². The molecule has 3 atom stereocenters. The highest BCUT2D eigenvalue weighted by Gasteiger charge is 2.31. The van der Waals surface area contributed by atoms with E-state index in [2.05, 4.69) is 5.32 Å². The molecule has 1 heterocycles. The lowest BCUT2D eigenvalue weighted by atomic mass is 9.94. The van der Waals surface area contributed by atoms with Gasteiger partial charge in [-0.3, -0.25) is 4.79 Å². The molecule has 1 aliphatic rings. The highest BCUT2D eigenvalue weighted by Crippen LogP contribution is 2.31. The van der Waals surface area contributed by atoms with E-state index < -0.39 is 0 Å². The fraction of sp³-hybridized carbons (Fsp3) is 0.355. The first-order valence-corrected chi connectivity index (χ1v) is 13.2. The fourth-order valence-corrected chi connectivity index (χ4v) is 4.80. The van der Waals surface area contributed by atoms with Gasteiger partial charge in [0, 0.05) is 37.3 Å². The lowest BCUT2D eigenvalue weighted by Gasteiger charge is -2.35. The number of aliphatic hydroxyl groups excluding tert-OH is 1. The number of benzene rings is 3. The minimum absolute atomic E-state index is 0.128. The molecule has 8 nitrogen and oxygen atoms in total. The Morgan fingerprint density at radius 2 is 1.72 bits per heavy atom. The van der Waals surface area contributed by atoms with Gasteiger partial charge in [0.15, 0.2) is 0 Å². The number of amides is 3. The Bertz CT molecular complexity index is 1280. The van der Waals surface area contributed by atoms with Crippen molar-refractivity contribution in [3.63, 3.8) is 0 Å². The molecule has 3 aromatic rings. The van der Waals surface area contributed by atoms with E-state index in [1.54, 1.807) is 48.2 Å². The third-order valence-electron chi connectivity index (χ3n) is 7.24. The molecule has 0 saturated carbocycles. The number of aliphatic hydroxyl groups is 1. The highest BCUT2D eigenvalue weighted by atomic mass is 16.5. The summed E-state index contributed by atoms with van der Waals surface area (Å²) < 4.78 is 11.7. The van der Waals surface area contributed by atoms with Crippen LogP contribution in [0.15, 0.2) is 72.8 Å². The Balaban J connectivity index is 1.62. The molecule has 206 valence electrons. The average Bonchev–Trinajstić information content (AvgIpc) is 2.98. The number of nitrogens with one attached hydrogen (secondary N) is 1. The predicted molar refractivity (Wildman–Crippen MR) is 152 cm³/mol. The zero-order valence-corrected chi connectivity index (χ0v) is 23.0. The summed E-state index contributed by atoms with van der Waals surface area (Å²) in [4.78, 5) is 30.2. The van der Waals surface area contributed by atoms with Gasteiger partial charge in [-0.05, 0) is 53.9 Å². The second-order valence-corrected chi connectivity index (χ2v) is 10.1. The molecule has 39 heavy (non-hydrogen) atoms. The minimum Gasteiger partial charge on any atom is -0.497 e. The van der Waals surface area contributed by atoms with Crippen LogP contribution in [-0.2, 0) is 11.3 Å². The van der Waals surface area contributed by atoms with Crippen molar-refractivity contribution in [2.75, 3.05) is 39.2 Å². The summed E-state index contributed by atoms with van der Waals surface area (Å²) in [6.07, 6.45) is -0.368. The van der Waals surface area contributed by atoms with Crippen molar-refractivity contribution in [1.29, 1.82) is 0 Å². The number of fused-ring (bicyclic) bond motifs is 3. The minimum atomic E-state index is -0.388. The highest BCUT2D eigenvalue weighted by molar-refractivity contribution is 6.01. The van der Waals surface area contributed by atoms with Gasteiger partial charge in [0.2, 0.25) is 0 Å². The number of hydrogen-bond acceptors (Lipinski definition) is 5. The SMILES string of the molecule is COc1ccc(NC(=O)N(C)C[C@@H]2OCc3ccccc3-c3ccccc3C(=O)N([C@H](C)CO)C[C@H]2C)cc1. The van der Waals surface area contributed by atoms with Crippen molar-refractivity contribution in [3.8, 4) is 16.9 Å². The normalized spacial score (nSPS) is 18.3. The van der Waals surface area contributed by atoms with Crippen molar-refractivity contribution in [1.82, 2.24) is 9.80 Å². The zero-order chi connectivity index (χ0) is 27.9. The Labute approximate surface area is 230 Å². The van der Waals surface area contributed by atoms with E-state index in [-0.39, 0.29) is 36.6 Å². The van der Waals surface area contributed by atoms with Gasteiger partial charge < -0.3 is 29.7 Å². The smallest absolute Gasteiger partial charge is 0.321 e. The molecular weight excluding hydrogens is 494 g/mol. The summed E-state index contributed by atoms with van der Waals surface area (Å²) in [5.74, 6) is 0.441. The van der Waals surface area contributed by atoms with Crippen LogP contribution in [0, 0.1) is 5.92 Å². The molecule has 0 fully saturated rings. The topological polar surface area (TPSA) is 91.3 Å². The number of ether oxygens (including phenoxy) is 2. The molecule has 3 amide bonds. The second kappa shape index (κ2) is 12.8. The van der Waals surface area contributed by atoms with Gasteiger partial charge >= 0.3 is 6.03 Å². The third kappa shape index (κ3) is 6.58. The summed E-state index contributed by atoms with van der Waals surface area (Å²) in [5, 5.41) is 12.9. The van der Waals surface area contributed by atoms with E-state index in [4.69, 9.17) is 9.47 Å². The molecule has 0 aliphatic carbocycles. The number of rotatable bonds is 6. The number of methoxy groups -OCH3 is 1. The van der Waals surface area contributed by atoms with Crippen LogP contribution < -0.4 is 10.1 Å². The molecule has 4 rings (SSSR count). The van der Waals surface area contributed by atoms with E-state index >= 15 is 0 Å². The van der Waals surface area contributed by atoms with Crippen molar-refractivity contribution in [3.05, 3.63) is 83.9 Å². The number of hydrogen-bond donors (Lipinski definition) is 2. The van der Waals surface area contributed by atoms with E-state index in [0.29, 0.717) is 36.7 Å². The van der Waals surface area contributed by atoms with Crippen molar-refractivity contribution in [2.24, 2.45) is 5.92 Å². The molecular formula is C31H37N3O5. The number of nitrogens with zero attached hydrogens (tertiary/aromatic N) is 2. The summed E-state index contributed by atoms with van der Waals surface area (Å²) in [6.45, 7) is 4.70. The van der Waals surface area contributed by atoms with Crippen LogP contribution in [0.3, 0.4) is 0 Å². The van der Waals surface area contributed by atoms with E-state index in [1.807, 2.05) is 62.4 Å². The molecule has 0 spiro atoms. The number of anilines is 1. The molecule has 3 aromatic carbocycles. The Morgan fingerprint density at radius 1 is 1.08 bits per heavy atom. The lowest BCUT2D eigenvalue weighted by molar-refractivity contribution is -0.0178. The average molecular weight is 532 g/mol. The van der Waals surface area contributed by atoms with Gasteiger partial charge in [0.25, 0.3) is 5.91 Å². The monoisotopic (exact) mass is 531 g/mol. The van der Waals surface area contributed by atoms with Crippen molar-refractivity contribution < 1.29 is 24.2 Å². The Hall–Kier alpha value is -3.88. The molecule has 0 saturated heterocycles. The molecule has 8 heteroatoms. The quantitative estimate of drug-likeness (QED) is 0.473. The Morgan fingerprint density at radius 3 is 2.38 bits per heavy atom. The summed E-state index contributed by atoms with van der Waals surface area (Å²) >= 11 is 0. The lowest BCUT2D eigenvalue weighted by Crippen LogP contribution is -2.48. The molecule has 0 radical (unpaired) electrons. The molecule has 1 aliphatic heterocycles. The van der Waals surface area contributed by atoms with Gasteiger partial charge in [-0.1, -0.05) is 49.4 Å². The fourth-order valence-electron chi connectivity index (χ4n) is 4.80. The Kier molecular flexibility index (Phi) is 9.22. The largest absolute Gasteiger partial charge is 0.497 e. The maximum absolute atomic E-state index is 13.9. The van der Waals surface area contributed by atoms with E-state index in [0.717, 1.165) is 16.7 Å². The maximum Gasteiger partial charge on any atom is 0.321 e. The van der Waals surface area contributed by atoms with Crippen LogP contribution in [0.2, 0.25) is 0 Å². The molecule has 2 N–H and O–H groups in total. The number of carbonyl (C=O) groups is 2. The maximum atomic E-state index is 13.9. The van der Waals surface area contributed by atoms with Crippen LogP contribution in [0.5, 0.6) is 5.75 Å². The van der Waals surface area contributed by atoms with Crippen LogP contribution in [-0.4, -0.2) is 72.8 Å². The van der Waals surface area contributed by atoms with Gasteiger partial charge in [-0.25, -0.2) is 4.79 Å². The molecule has 0 unspecified atom stereocenters. The third-order valence-corrected chi connectivity index (χ3v) is 7.24. The van der Waals surface area contributed by atoms with Gasteiger partial charge in [0.1, 0.15) is 5.75 Å². The van der Waals surface area contributed by atoms with Crippen molar-refractivity contribution in [2.45, 2.75) is 32.6 Å². The molecule has 0 bridgehead atoms. The molecule has 0 aromatic heterocycles. The van der Waals surface area contributed by atoms with Gasteiger partial charge in [-0.2, -0.15) is 0 Å². The van der Waals surface area contributed by atoms with Crippen LogP contribution in [0.1, 0.15) is 29.8 Å².